The Morgan fingerprint density at radius 1 is 1.36 bits per heavy atom. The van der Waals surface area contributed by atoms with Gasteiger partial charge in [0, 0.05) is 18.3 Å². The highest BCUT2D eigenvalue weighted by molar-refractivity contribution is 5.69. The van der Waals surface area contributed by atoms with Crippen LogP contribution in [0.1, 0.15) is 29.2 Å². The van der Waals surface area contributed by atoms with Gasteiger partial charge in [0.05, 0.1) is 12.1 Å². The standard InChI is InChI=1S/C17H15FN2O2/c1-11-4-3-7-20-15(10-19-17(11)20)14(9-16(21)22)12-5-2-6-13(18)8-12/h2-8,10,14H,9H2,1H3,(H,21,22). The molecule has 22 heavy (non-hydrogen) atoms. The number of hydrogen-bond acceptors (Lipinski definition) is 2. The first-order valence-corrected chi connectivity index (χ1v) is 6.96. The van der Waals surface area contributed by atoms with Crippen molar-refractivity contribution in [3.05, 3.63) is 71.4 Å². The summed E-state index contributed by atoms with van der Waals surface area (Å²) in [7, 11) is 0. The molecule has 2 heterocycles. The molecule has 0 aliphatic carbocycles. The van der Waals surface area contributed by atoms with Crippen LogP contribution < -0.4 is 0 Å². The first-order valence-electron chi connectivity index (χ1n) is 6.96. The van der Waals surface area contributed by atoms with E-state index in [0.29, 0.717) is 5.56 Å². The Labute approximate surface area is 126 Å². The minimum absolute atomic E-state index is 0.120. The van der Waals surface area contributed by atoms with Crippen LogP contribution in [0.3, 0.4) is 0 Å². The van der Waals surface area contributed by atoms with E-state index >= 15 is 0 Å². The third-order valence-electron chi connectivity index (χ3n) is 3.75. The summed E-state index contributed by atoms with van der Waals surface area (Å²) >= 11 is 0. The second-order valence-corrected chi connectivity index (χ2v) is 5.27. The Morgan fingerprint density at radius 3 is 2.91 bits per heavy atom. The van der Waals surface area contributed by atoms with Crippen molar-refractivity contribution in [2.24, 2.45) is 0 Å². The maximum atomic E-state index is 13.5. The molecule has 0 spiro atoms. The van der Waals surface area contributed by atoms with Crippen LogP contribution in [0.4, 0.5) is 4.39 Å². The fourth-order valence-electron chi connectivity index (χ4n) is 2.72. The van der Waals surface area contributed by atoms with E-state index in [1.165, 1.54) is 12.1 Å². The summed E-state index contributed by atoms with van der Waals surface area (Å²) < 4.78 is 15.4. The van der Waals surface area contributed by atoms with Crippen LogP contribution in [-0.4, -0.2) is 20.5 Å². The van der Waals surface area contributed by atoms with Gasteiger partial charge in [-0.3, -0.25) is 4.79 Å². The molecule has 4 nitrogen and oxygen atoms in total. The third kappa shape index (κ3) is 2.57. The number of carboxylic acids is 1. The summed E-state index contributed by atoms with van der Waals surface area (Å²) in [6.07, 6.45) is 3.39. The van der Waals surface area contributed by atoms with E-state index in [1.54, 1.807) is 18.3 Å². The van der Waals surface area contributed by atoms with E-state index in [-0.39, 0.29) is 12.2 Å². The van der Waals surface area contributed by atoms with Gasteiger partial charge in [0.25, 0.3) is 0 Å². The number of carboxylic acid groups (broad SMARTS) is 1. The largest absolute Gasteiger partial charge is 0.481 e. The number of carbonyl (C=O) groups is 1. The van der Waals surface area contributed by atoms with Gasteiger partial charge in [-0.2, -0.15) is 0 Å². The van der Waals surface area contributed by atoms with Crippen LogP contribution >= 0.6 is 0 Å². The van der Waals surface area contributed by atoms with Gasteiger partial charge >= 0.3 is 5.97 Å². The molecule has 1 aromatic carbocycles. The third-order valence-corrected chi connectivity index (χ3v) is 3.75. The molecule has 0 bridgehead atoms. The first-order chi connectivity index (χ1) is 10.6. The molecule has 0 aliphatic rings. The lowest BCUT2D eigenvalue weighted by Gasteiger charge is -2.15. The van der Waals surface area contributed by atoms with E-state index in [0.717, 1.165) is 16.9 Å². The average Bonchev–Trinajstić information content (AvgIpc) is 2.90. The summed E-state index contributed by atoms with van der Waals surface area (Å²) in [4.78, 5) is 15.6. The highest BCUT2D eigenvalue weighted by Crippen LogP contribution is 2.29. The number of imidazole rings is 1. The molecule has 1 unspecified atom stereocenters. The molecule has 1 atom stereocenters. The molecule has 112 valence electrons. The highest BCUT2D eigenvalue weighted by atomic mass is 19.1. The number of aromatic nitrogens is 2. The van der Waals surface area contributed by atoms with Crippen LogP contribution in [0, 0.1) is 12.7 Å². The van der Waals surface area contributed by atoms with Crippen molar-refractivity contribution in [1.82, 2.24) is 9.38 Å². The number of rotatable bonds is 4. The fraction of sp³-hybridized carbons (Fsp3) is 0.176. The molecule has 2 aromatic heterocycles. The predicted octanol–water partition coefficient (Wildman–Crippen LogP) is 3.39. The molecule has 3 aromatic rings. The summed E-state index contributed by atoms with van der Waals surface area (Å²) in [5.41, 5.74) is 3.16. The summed E-state index contributed by atoms with van der Waals surface area (Å²) in [5, 5.41) is 9.22. The average molecular weight is 298 g/mol. The Hall–Kier alpha value is -2.69. The van der Waals surface area contributed by atoms with Gasteiger partial charge in [0.15, 0.2) is 0 Å². The van der Waals surface area contributed by atoms with Crippen LogP contribution in [0.25, 0.3) is 5.65 Å². The van der Waals surface area contributed by atoms with Gasteiger partial charge < -0.3 is 9.51 Å². The van der Waals surface area contributed by atoms with Gasteiger partial charge in [-0.1, -0.05) is 18.2 Å². The van der Waals surface area contributed by atoms with Crippen LogP contribution in [0.2, 0.25) is 0 Å². The number of aliphatic carboxylic acids is 1. The van der Waals surface area contributed by atoms with Gasteiger partial charge in [0.1, 0.15) is 11.5 Å². The van der Waals surface area contributed by atoms with Crippen molar-refractivity contribution in [3.8, 4) is 0 Å². The lowest BCUT2D eigenvalue weighted by Crippen LogP contribution is -2.10. The Balaban J connectivity index is 2.16. The molecule has 3 rings (SSSR count). The highest BCUT2D eigenvalue weighted by Gasteiger charge is 2.22. The molecule has 1 N–H and O–H groups in total. The predicted molar refractivity (Wildman–Crippen MR) is 80.4 cm³/mol. The second-order valence-electron chi connectivity index (χ2n) is 5.27. The molecule has 0 saturated carbocycles. The van der Waals surface area contributed by atoms with Crippen molar-refractivity contribution in [3.63, 3.8) is 0 Å². The van der Waals surface area contributed by atoms with E-state index in [1.807, 2.05) is 29.7 Å². The van der Waals surface area contributed by atoms with Gasteiger partial charge in [-0.05, 0) is 36.2 Å². The van der Waals surface area contributed by atoms with E-state index in [9.17, 15) is 14.3 Å². The molecule has 0 saturated heterocycles. The minimum atomic E-state index is -0.933. The van der Waals surface area contributed by atoms with Crippen molar-refractivity contribution in [2.75, 3.05) is 0 Å². The normalized spacial score (nSPS) is 12.5. The van der Waals surface area contributed by atoms with E-state index in [4.69, 9.17) is 0 Å². The van der Waals surface area contributed by atoms with Crippen LogP contribution in [0.15, 0.2) is 48.8 Å². The SMILES string of the molecule is Cc1cccn2c(C(CC(=O)O)c3cccc(F)c3)cnc12. The number of hydrogen-bond donors (Lipinski definition) is 1. The molecular formula is C17H15FN2O2. The number of halogens is 1. The van der Waals surface area contributed by atoms with Crippen molar-refractivity contribution in [1.29, 1.82) is 0 Å². The number of aryl methyl sites for hydroxylation is 1. The van der Waals surface area contributed by atoms with Crippen molar-refractivity contribution < 1.29 is 14.3 Å². The lowest BCUT2D eigenvalue weighted by atomic mass is 9.92. The van der Waals surface area contributed by atoms with E-state index in [2.05, 4.69) is 4.98 Å². The molecule has 0 radical (unpaired) electrons. The van der Waals surface area contributed by atoms with Gasteiger partial charge in [0.2, 0.25) is 0 Å². The monoisotopic (exact) mass is 298 g/mol. The Bertz CT molecular complexity index is 842. The zero-order valence-corrected chi connectivity index (χ0v) is 12.0. The zero-order valence-electron chi connectivity index (χ0n) is 12.0. The Kier molecular flexibility index (Phi) is 3.63. The van der Waals surface area contributed by atoms with Gasteiger partial charge in [-0.25, -0.2) is 9.37 Å². The summed E-state index contributed by atoms with van der Waals surface area (Å²) in [6, 6.07) is 9.89. The van der Waals surface area contributed by atoms with Crippen molar-refractivity contribution >= 4 is 11.6 Å². The van der Waals surface area contributed by atoms with E-state index < -0.39 is 11.9 Å². The summed E-state index contributed by atoms with van der Waals surface area (Å²) in [6.45, 7) is 1.94. The van der Waals surface area contributed by atoms with Crippen molar-refractivity contribution in [2.45, 2.75) is 19.3 Å². The quantitative estimate of drug-likeness (QED) is 0.803. The first kappa shape index (κ1) is 14.3. The number of nitrogens with zero attached hydrogens (tertiary/aromatic N) is 2. The lowest BCUT2D eigenvalue weighted by molar-refractivity contribution is -0.137. The summed E-state index contributed by atoms with van der Waals surface area (Å²) in [5.74, 6) is -1.76. The maximum absolute atomic E-state index is 13.5. The Morgan fingerprint density at radius 2 is 2.18 bits per heavy atom. The molecule has 0 fully saturated rings. The maximum Gasteiger partial charge on any atom is 0.304 e. The second kappa shape index (κ2) is 5.60. The van der Waals surface area contributed by atoms with Crippen LogP contribution in [-0.2, 0) is 4.79 Å². The number of pyridine rings is 1. The van der Waals surface area contributed by atoms with Gasteiger partial charge in [-0.15, -0.1) is 0 Å². The topological polar surface area (TPSA) is 54.6 Å². The molecule has 0 amide bonds. The molecule has 5 heteroatoms. The van der Waals surface area contributed by atoms with Crippen LogP contribution in [0.5, 0.6) is 0 Å². The molecular weight excluding hydrogens is 283 g/mol. The number of fused-ring (bicyclic) bond motifs is 1. The fourth-order valence-corrected chi connectivity index (χ4v) is 2.72. The minimum Gasteiger partial charge on any atom is -0.481 e. The zero-order chi connectivity index (χ0) is 15.7. The molecule has 0 aliphatic heterocycles. The number of benzene rings is 1. The smallest absolute Gasteiger partial charge is 0.304 e.